The SMILES string of the molecule is CC(C)c1ccc(NC(=O)C2(CN)CCC2)c(C(C)C)c1. The van der Waals surface area contributed by atoms with E-state index in [1.54, 1.807) is 0 Å². The molecule has 0 bridgehead atoms. The van der Waals surface area contributed by atoms with Gasteiger partial charge in [-0.25, -0.2) is 0 Å². The first-order chi connectivity index (χ1) is 9.89. The van der Waals surface area contributed by atoms with Crippen LogP contribution in [0.1, 0.15) is 69.9 Å². The van der Waals surface area contributed by atoms with E-state index in [4.69, 9.17) is 5.73 Å². The number of nitrogens with two attached hydrogens (primary N) is 1. The molecule has 1 aromatic rings. The summed E-state index contributed by atoms with van der Waals surface area (Å²) >= 11 is 0. The van der Waals surface area contributed by atoms with E-state index in [1.807, 2.05) is 6.07 Å². The van der Waals surface area contributed by atoms with Gasteiger partial charge < -0.3 is 11.1 Å². The number of rotatable bonds is 5. The van der Waals surface area contributed by atoms with Crippen molar-refractivity contribution in [1.29, 1.82) is 0 Å². The molecule has 21 heavy (non-hydrogen) atoms. The highest BCUT2D eigenvalue weighted by molar-refractivity contribution is 5.96. The fraction of sp³-hybridized carbons (Fsp3) is 0.611. The lowest BCUT2D eigenvalue weighted by Crippen LogP contribution is -2.47. The number of carbonyl (C=O) groups excluding carboxylic acids is 1. The van der Waals surface area contributed by atoms with Gasteiger partial charge in [0.25, 0.3) is 0 Å². The van der Waals surface area contributed by atoms with E-state index in [0.29, 0.717) is 18.4 Å². The summed E-state index contributed by atoms with van der Waals surface area (Å²) in [5, 5.41) is 3.13. The summed E-state index contributed by atoms with van der Waals surface area (Å²) in [6.45, 7) is 9.15. The molecule has 0 atom stereocenters. The van der Waals surface area contributed by atoms with Gasteiger partial charge in [0.15, 0.2) is 0 Å². The molecular weight excluding hydrogens is 260 g/mol. The molecule has 1 aliphatic rings. The van der Waals surface area contributed by atoms with Crippen LogP contribution in [-0.2, 0) is 4.79 Å². The van der Waals surface area contributed by atoms with Gasteiger partial charge in [-0.2, -0.15) is 0 Å². The van der Waals surface area contributed by atoms with Gasteiger partial charge in [-0.3, -0.25) is 4.79 Å². The molecule has 0 heterocycles. The minimum absolute atomic E-state index is 0.0930. The molecule has 0 aliphatic heterocycles. The van der Waals surface area contributed by atoms with Gasteiger partial charge in [0.1, 0.15) is 0 Å². The maximum Gasteiger partial charge on any atom is 0.231 e. The van der Waals surface area contributed by atoms with Crippen molar-refractivity contribution < 1.29 is 4.79 Å². The van der Waals surface area contributed by atoms with Crippen molar-refractivity contribution in [3.63, 3.8) is 0 Å². The minimum Gasteiger partial charge on any atom is -0.329 e. The number of carbonyl (C=O) groups is 1. The largest absolute Gasteiger partial charge is 0.329 e. The van der Waals surface area contributed by atoms with Gasteiger partial charge in [-0.1, -0.05) is 46.2 Å². The maximum atomic E-state index is 12.6. The number of nitrogens with one attached hydrogen (secondary N) is 1. The molecule has 0 unspecified atom stereocenters. The Bertz CT molecular complexity index is 510. The van der Waals surface area contributed by atoms with Crippen LogP contribution in [0.5, 0.6) is 0 Å². The predicted octanol–water partition coefficient (Wildman–Crippen LogP) is 4.00. The van der Waals surface area contributed by atoms with Crippen molar-refractivity contribution in [3.05, 3.63) is 29.3 Å². The zero-order valence-electron chi connectivity index (χ0n) is 13.7. The predicted molar refractivity (Wildman–Crippen MR) is 88.6 cm³/mol. The monoisotopic (exact) mass is 288 g/mol. The Hall–Kier alpha value is -1.35. The van der Waals surface area contributed by atoms with Crippen molar-refractivity contribution >= 4 is 11.6 Å². The van der Waals surface area contributed by atoms with Crippen molar-refractivity contribution in [3.8, 4) is 0 Å². The molecule has 1 amide bonds. The fourth-order valence-electron chi connectivity index (χ4n) is 2.91. The highest BCUT2D eigenvalue weighted by atomic mass is 16.2. The zero-order chi connectivity index (χ0) is 15.6. The molecular formula is C18H28N2O. The number of hydrogen-bond acceptors (Lipinski definition) is 2. The summed E-state index contributed by atoms with van der Waals surface area (Å²) in [5.41, 5.74) is 8.96. The number of anilines is 1. The van der Waals surface area contributed by atoms with Crippen LogP contribution in [0.25, 0.3) is 0 Å². The number of amides is 1. The second-order valence-corrected chi connectivity index (χ2v) is 6.95. The molecule has 3 nitrogen and oxygen atoms in total. The molecule has 2 rings (SSSR count). The molecule has 1 aliphatic carbocycles. The van der Waals surface area contributed by atoms with Gasteiger partial charge >= 0.3 is 0 Å². The number of benzene rings is 1. The first-order valence-corrected chi connectivity index (χ1v) is 8.05. The lowest BCUT2D eigenvalue weighted by Gasteiger charge is -2.39. The summed E-state index contributed by atoms with van der Waals surface area (Å²) in [5.74, 6) is 0.971. The van der Waals surface area contributed by atoms with Gasteiger partial charge in [0.05, 0.1) is 5.41 Å². The summed E-state index contributed by atoms with van der Waals surface area (Å²) in [6, 6.07) is 6.38. The summed E-state index contributed by atoms with van der Waals surface area (Å²) in [4.78, 5) is 12.6. The summed E-state index contributed by atoms with van der Waals surface area (Å²) in [6.07, 6.45) is 2.93. The van der Waals surface area contributed by atoms with Gasteiger partial charge in [0.2, 0.25) is 5.91 Å². The molecule has 3 N–H and O–H groups in total. The Labute approximate surface area is 128 Å². The smallest absolute Gasteiger partial charge is 0.231 e. The van der Waals surface area contributed by atoms with E-state index in [9.17, 15) is 4.79 Å². The Balaban J connectivity index is 2.25. The van der Waals surface area contributed by atoms with E-state index < -0.39 is 0 Å². The number of hydrogen-bond donors (Lipinski definition) is 2. The van der Waals surface area contributed by atoms with E-state index in [0.717, 1.165) is 24.9 Å². The van der Waals surface area contributed by atoms with Crippen LogP contribution >= 0.6 is 0 Å². The first-order valence-electron chi connectivity index (χ1n) is 8.05. The average Bonchev–Trinajstić information content (AvgIpc) is 2.37. The van der Waals surface area contributed by atoms with Crippen LogP contribution < -0.4 is 11.1 Å². The van der Waals surface area contributed by atoms with Gasteiger partial charge in [0, 0.05) is 12.2 Å². The Morgan fingerprint density at radius 3 is 2.33 bits per heavy atom. The highest BCUT2D eigenvalue weighted by Gasteiger charge is 2.42. The summed E-state index contributed by atoms with van der Waals surface area (Å²) < 4.78 is 0. The molecule has 1 aromatic carbocycles. The van der Waals surface area contributed by atoms with Crippen molar-refractivity contribution in [1.82, 2.24) is 0 Å². The van der Waals surface area contributed by atoms with Crippen molar-refractivity contribution in [2.75, 3.05) is 11.9 Å². The molecule has 0 spiro atoms. The molecule has 1 saturated carbocycles. The highest BCUT2D eigenvalue weighted by Crippen LogP contribution is 2.41. The van der Waals surface area contributed by atoms with E-state index in [1.165, 1.54) is 11.1 Å². The Morgan fingerprint density at radius 2 is 1.90 bits per heavy atom. The Morgan fingerprint density at radius 1 is 1.24 bits per heavy atom. The van der Waals surface area contributed by atoms with Crippen LogP contribution in [0.4, 0.5) is 5.69 Å². The third kappa shape index (κ3) is 3.13. The maximum absolute atomic E-state index is 12.6. The zero-order valence-corrected chi connectivity index (χ0v) is 13.7. The minimum atomic E-state index is -0.328. The molecule has 116 valence electrons. The average molecular weight is 288 g/mol. The summed E-state index contributed by atoms with van der Waals surface area (Å²) in [7, 11) is 0. The molecule has 1 fully saturated rings. The standard InChI is InChI=1S/C18H28N2O/c1-12(2)14-6-7-16(15(10-14)13(3)4)20-17(21)18(11-19)8-5-9-18/h6-7,10,12-13H,5,8-9,11,19H2,1-4H3,(H,20,21). The van der Waals surface area contributed by atoms with Crippen LogP contribution in [0.15, 0.2) is 18.2 Å². The van der Waals surface area contributed by atoms with E-state index >= 15 is 0 Å². The third-order valence-corrected chi connectivity index (χ3v) is 4.80. The van der Waals surface area contributed by atoms with Gasteiger partial charge in [-0.15, -0.1) is 0 Å². The Kier molecular flexibility index (Phi) is 4.72. The molecule has 3 heteroatoms. The van der Waals surface area contributed by atoms with Crippen LogP contribution in [0.2, 0.25) is 0 Å². The normalized spacial score (nSPS) is 16.9. The second-order valence-electron chi connectivity index (χ2n) is 6.95. The first kappa shape index (κ1) is 16.0. The van der Waals surface area contributed by atoms with Crippen molar-refractivity contribution in [2.45, 2.75) is 58.8 Å². The molecule has 0 saturated heterocycles. The quantitative estimate of drug-likeness (QED) is 0.860. The third-order valence-electron chi connectivity index (χ3n) is 4.80. The second kappa shape index (κ2) is 6.18. The van der Waals surface area contributed by atoms with Crippen LogP contribution in [0, 0.1) is 5.41 Å². The van der Waals surface area contributed by atoms with E-state index in [-0.39, 0.29) is 11.3 Å². The topological polar surface area (TPSA) is 55.1 Å². The lowest BCUT2D eigenvalue weighted by molar-refractivity contribution is -0.129. The van der Waals surface area contributed by atoms with Crippen LogP contribution in [0.3, 0.4) is 0 Å². The van der Waals surface area contributed by atoms with Crippen molar-refractivity contribution in [2.24, 2.45) is 11.1 Å². The molecule has 0 radical (unpaired) electrons. The van der Waals surface area contributed by atoms with Gasteiger partial charge in [-0.05, 0) is 41.9 Å². The molecule has 0 aromatic heterocycles. The van der Waals surface area contributed by atoms with Crippen LogP contribution in [-0.4, -0.2) is 12.5 Å². The van der Waals surface area contributed by atoms with E-state index in [2.05, 4.69) is 45.1 Å². The lowest BCUT2D eigenvalue weighted by atomic mass is 9.68. The fourth-order valence-corrected chi connectivity index (χ4v) is 2.91.